The van der Waals surface area contributed by atoms with Crippen molar-refractivity contribution in [2.24, 2.45) is 0 Å². The summed E-state index contributed by atoms with van der Waals surface area (Å²) in [5, 5.41) is 2.68. The highest BCUT2D eigenvalue weighted by Gasteiger charge is 2.09. The maximum Gasteiger partial charge on any atom is 0.262 e. The van der Waals surface area contributed by atoms with Gasteiger partial charge in [0.15, 0.2) is 6.61 Å². The molecule has 0 bridgehead atoms. The van der Waals surface area contributed by atoms with E-state index in [1.807, 2.05) is 0 Å². The zero-order valence-electron chi connectivity index (χ0n) is 12.3. The number of benzene rings is 2. The number of carbonyl (C=O) groups is 1. The number of anilines is 1. The number of nitrogens with one attached hydrogen (secondary N) is 1. The van der Waals surface area contributed by atoms with Crippen LogP contribution in [0.5, 0.6) is 17.2 Å². The summed E-state index contributed by atoms with van der Waals surface area (Å²) in [7, 11) is 3.04. The Kier molecular flexibility index (Phi) is 5.19. The first-order chi connectivity index (χ1) is 10.6. The molecular formula is C16H16FNO4. The lowest BCUT2D eigenvalue weighted by atomic mass is 10.2. The molecule has 0 aliphatic carbocycles. The molecule has 116 valence electrons. The summed E-state index contributed by atoms with van der Waals surface area (Å²) >= 11 is 0. The molecular weight excluding hydrogens is 289 g/mol. The van der Waals surface area contributed by atoms with E-state index in [4.69, 9.17) is 14.2 Å². The van der Waals surface area contributed by atoms with Crippen LogP contribution in [0.3, 0.4) is 0 Å². The van der Waals surface area contributed by atoms with E-state index in [9.17, 15) is 9.18 Å². The number of carbonyl (C=O) groups excluding carboxylic acids is 1. The van der Waals surface area contributed by atoms with Crippen LogP contribution in [0.1, 0.15) is 0 Å². The second-order valence-corrected chi connectivity index (χ2v) is 4.36. The number of ether oxygens (including phenoxy) is 3. The molecule has 0 atom stereocenters. The van der Waals surface area contributed by atoms with Gasteiger partial charge < -0.3 is 19.5 Å². The summed E-state index contributed by atoms with van der Waals surface area (Å²) in [4.78, 5) is 11.9. The predicted molar refractivity (Wildman–Crippen MR) is 80.1 cm³/mol. The van der Waals surface area contributed by atoms with Crippen LogP contribution in [0, 0.1) is 5.82 Å². The maximum absolute atomic E-state index is 12.8. The Morgan fingerprint density at radius 1 is 1.05 bits per heavy atom. The summed E-state index contributed by atoms with van der Waals surface area (Å²) in [6, 6.07) is 10.5. The van der Waals surface area contributed by atoms with E-state index in [0.717, 1.165) is 0 Å². The Morgan fingerprint density at radius 3 is 2.36 bits per heavy atom. The first-order valence-electron chi connectivity index (χ1n) is 6.52. The second-order valence-electron chi connectivity index (χ2n) is 4.36. The summed E-state index contributed by atoms with van der Waals surface area (Å²) < 4.78 is 28.3. The minimum Gasteiger partial charge on any atom is -0.497 e. The summed E-state index contributed by atoms with van der Waals surface area (Å²) in [6.07, 6.45) is 0. The Hall–Kier alpha value is -2.76. The van der Waals surface area contributed by atoms with Crippen molar-refractivity contribution in [3.8, 4) is 17.2 Å². The molecule has 0 aromatic heterocycles. The van der Waals surface area contributed by atoms with Gasteiger partial charge in [-0.1, -0.05) is 0 Å². The van der Waals surface area contributed by atoms with Crippen LogP contribution in [0.25, 0.3) is 0 Å². The molecule has 5 nitrogen and oxygen atoms in total. The topological polar surface area (TPSA) is 56.8 Å². The quantitative estimate of drug-likeness (QED) is 0.891. The zero-order chi connectivity index (χ0) is 15.9. The molecule has 1 N–H and O–H groups in total. The number of halogens is 1. The first-order valence-corrected chi connectivity index (χ1v) is 6.52. The predicted octanol–water partition coefficient (Wildman–Crippen LogP) is 2.86. The molecule has 0 aliphatic rings. The SMILES string of the molecule is COc1ccc(NC(=O)COc2ccc(F)cc2)c(OC)c1. The van der Waals surface area contributed by atoms with Gasteiger partial charge in [0.2, 0.25) is 0 Å². The van der Waals surface area contributed by atoms with Crippen LogP contribution in [0.4, 0.5) is 10.1 Å². The molecule has 0 aliphatic heterocycles. The third kappa shape index (κ3) is 4.12. The van der Waals surface area contributed by atoms with Gasteiger partial charge in [-0.2, -0.15) is 0 Å². The van der Waals surface area contributed by atoms with Gasteiger partial charge in [0.25, 0.3) is 5.91 Å². The van der Waals surface area contributed by atoms with Crippen molar-refractivity contribution in [3.05, 3.63) is 48.3 Å². The van der Waals surface area contributed by atoms with Gasteiger partial charge in [-0.05, 0) is 36.4 Å². The maximum atomic E-state index is 12.8. The average Bonchev–Trinajstić information content (AvgIpc) is 2.54. The fourth-order valence-corrected chi connectivity index (χ4v) is 1.77. The van der Waals surface area contributed by atoms with Crippen LogP contribution in [0.2, 0.25) is 0 Å². The van der Waals surface area contributed by atoms with Crippen molar-refractivity contribution in [1.82, 2.24) is 0 Å². The lowest BCUT2D eigenvalue weighted by Crippen LogP contribution is -2.20. The highest BCUT2D eigenvalue weighted by Crippen LogP contribution is 2.28. The largest absolute Gasteiger partial charge is 0.497 e. The smallest absolute Gasteiger partial charge is 0.262 e. The highest BCUT2D eigenvalue weighted by molar-refractivity contribution is 5.93. The first kappa shape index (κ1) is 15.6. The third-order valence-electron chi connectivity index (χ3n) is 2.87. The van der Waals surface area contributed by atoms with Crippen LogP contribution in [-0.4, -0.2) is 26.7 Å². The van der Waals surface area contributed by atoms with E-state index in [1.54, 1.807) is 25.3 Å². The molecule has 2 aromatic carbocycles. The molecule has 0 unspecified atom stereocenters. The van der Waals surface area contributed by atoms with Crippen LogP contribution >= 0.6 is 0 Å². The van der Waals surface area contributed by atoms with Gasteiger partial charge in [-0.25, -0.2) is 4.39 Å². The second kappa shape index (κ2) is 7.31. The summed E-state index contributed by atoms with van der Waals surface area (Å²) in [6.45, 7) is -0.194. The van der Waals surface area contributed by atoms with Gasteiger partial charge >= 0.3 is 0 Å². The fourth-order valence-electron chi connectivity index (χ4n) is 1.77. The molecule has 1 amide bonds. The van der Waals surface area contributed by atoms with Gasteiger partial charge in [0.05, 0.1) is 19.9 Å². The Balaban J connectivity index is 1.95. The molecule has 0 radical (unpaired) electrons. The minimum atomic E-state index is -0.361. The number of amides is 1. The number of hydrogen-bond donors (Lipinski definition) is 1. The van der Waals surface area contributed by atoms with E-state index in [0.29, 0.717) is 22.9 Å². The van der Waals surface area contributed by atoms with Crippen molar-refractivity contribution in [1.29, 1.82) is 0 Å². The van der Waals surface area contributed by atoms with Gasteiger partial charge in [0.1, 0.15) is 23.1 Å². The molecule has 22 heavy (non-hydrogen) atoms. The summed E-state index contributed by atoms with van der Waals surface area (Å²) in [5.41, 5.74) is 0.510. The van der Waals surface area contributed by atoms with Crippen molar-refractivity contribution in [3.63, 3.8) is 0 Å². The monoisotopic (exact) mass is 305 g/mol. The molecule has 0 saturated heterocycles. The molecule has 2 aromatic rings. The van der Waals surface area contributed by atoms with Crippen molar-refractivity contribution >= 4 is 11.6 Å². The van der Waals surface area contributed by atoms with E-state index in [1.165, 1.54) is 31.4 Å². The van der Waals surface area contributed by atoms with E-state index >= 15 is 0 Å². The summed E-state index contributed by atoms with van der Waals surface area (Å²) in [5.74, 6) is 0.803. The molecule has 6 heteroatoms. The number of methoxy groups -OCH3 is 2. The lowest BCUT2D eigenvalue weighted by Gasteiger charge is -2.12. The molecule has 2 rings (SSSR count). The molecule has 0 heterocycles. The normalized spacial score (nSPS) is 9.95. The average molecular weight is 305 g/mol. The van der Waals surface area contributed by atoms with Gasteiger partial charge in [0, 0.05) is 6.07 Å². The zero-order valence-corrected chi connectivity index (χ0v) is 12.3. The van der Waals surface area contributed by atoms with Crippen molar-refractivity contribution < 1.29 is 23.4 Å². The molecule has 0 saturated carbocycles. The minimum absolute atomic E-state index is 0.194. The third-order valence-corrected chi connectivity index (χ3v) is 2.87. The number of hydrogen-bond acceptors (Lipinski definition) is 4. The van der Waals surface area contributed by atoms with E-state index in [-0.39, 0.29) is 18.3 Å². The lowest BCUT2D eigenvalue weighted by molar-refractivity contribution is -0.118. The Bertz CT molecular complexity index is 643. The van der Waals surface area contributed by atoms with Gasteiger partial charge in [-0.3, -0.25) is 4.79 Å². The molecule has 0 fully saturated rings. The fraction of sp³-hybridized carbons (Fsp3) is 0.188. The van der Waals surface area contributed by atoms with Crippen LogP contribution in [0.15, 0.2) is 42.5 Å². The van der Waals surface area contributed by atoms with Crippen molar-refractivity contribution in [2.45, 2.75) is 0 Å². The van der Waals surface area contributed by atoms with Crippen molar-refractivity contribution in [2.75, 3.05) is 26.1 Å². The van der Waals surface area contributed by atoms with Crippen LogP contribution in [-0.2, 0) is 4.79 Å². The van der Waals surface area contributed by atoms with E-state index < -0.39 is 0 Å². The number of rotatable bonds is 6. The van der Waals surface area contributed by atoms with Crippen LogP contribution < -0.4 is 19.5 Å². The Labute approximate surface area is 127 Å². The standard InChI is InChI=1S/C16H16FNO4/c1-20-13-7-8-14(15(9-13)21-2)18-16(19)10-22-12-5-3-11(17)4-6-12/h3-9H,10H2,1-2H3,(H,18,19). The Morgan fingerprint density at radius 2 is 1.73 bits per heavy atom. The van der Waals surface area contributed by atoms with E-state index in [2.05, 4.69) is 5.32 Å². The van der Waals surface area contributed by atoms with Gasteiger partial charge in [-0.15, -0.1) is 0 Å². The molecule has 0 spiro atoms. The highest BCUT2D eigenvalue weighted by atomic mass is 19.1.